The van der Waals surface area contributed by atoms with Crippen LogP contribution in [0.15, 0.2) is 11.8 Å². The summed E-state index contributed by atoms with van der Waals surface area (Å²) in [4.78, 5) is 10.8. The Morgan fingerprint density at radius 1 is 1.40 bits per heavy atom. The van der Waals surface area contributed by atoms with Crippen molar-refractivity contribution in [3.05, 3.63) is 11.8 Å². The molecule has 0 aromatic heterocycles. The van der Waals surface area contributed by atoms with Gasteiger partial charge in [0.15, 0.2) is 5.78 Å². The zero-order valence-electron chi connectivity index (χ0n) is 8.06. The number of nitrogens with one attached hydrogen (secondary N) is 1. The molecule has 0 bridgehead atoms. The van der Waals surface area contributed by atoms with Gasteiger partial charge in [0.1, 0.15) is 6.61 Å². The molecule has 3 nitrogen and oxygen atoms in total. The lowest BCUT2D eigenvalue weighted by Gasteiger charge is -2.09. The summed E-state index contributed by atoms with van der Waals surface area (Å²) in [5.41, 5.74) is 0.774. The lowest BCUT2D eigenvalue weighted by atomic mass is 10.3. The Kier molecular flexibility index (Phi) is 4.14. The fourth-order valence-corrected chi connectivity index (χ4v) is 1.21. The van der Waals surface area contributed by atoms with Gasteiger partial charge in [0, 0.05) is 24.7 Å². The Balaban J connectivity index is 2.03. The van der Waals surface area contributed by atoms with Gasteiger partial charge in [-0.25, -0.2) is 0 Å². The number of allylic oxidation sites excluding steroid dienone is 2. The summed E-state index contributed by atoms with van der Waals surface area (Å²) in [5.74, 6) is 0.0497. The second kappa shape index (κ2) is 5.16. The predicted molar refractivity (Wildman–Crippen MR) is 47.2 cm³/mol. The van der Waals surface area contributed by atoms with Crippen molar-refractivity contribution in [3.63, 3.8) is 0 Å². The number of hydrogen-bond donors (Lipinski definition) is 1. The molecule has 0 spiro atoms. The first-order valence-electron chi connectivity index (χ1n) is 4.59. The molecule has 86 valence electrons. The van der Waals surface area contributed by atoms with Gasteiger partial charge in [-0.2, -0.15) is 13.2 Å². The molecular formula is C9H12F3NO2. The molecule has 1 aliphatic carbocycles. The summed E-state index contributed by atoms with van der Waals surface area (Å²) in [6, 6.07) is 0. The lowest BCUT2D eigenvalue weighted by molar-refractivity contribution is -0.173. The maximum absolute atomic E-state index is 11.6. The van der Waals surface area contributed by atoms with E-state index < -0.39 is 12.8 Å². The van der Waals surface area contributed by atoms with Gasteiger partial charge in [0.2, 0.25) is 0 Å². The summed E-state index contributed by atoms with van der Waals surface area (Å²) in [6.07, 6.45) is -1.68. The van der Waals surface area contributed by atoms with Gasteiger partial charge in [0.25, 0.3) is 0 Å². The maximum Gasteiger partial charge on any atom is 0.411 e. The fourth-order valence-electron chi connectivity index (χ4n) is 1.21. The minimum atomic E-state index is -4.28. The molecule has 0 aromatic rings. The summed E-state index contributed by atoms with van der Waals surface area (Å²) >= 11 is 0. The van der Waals surface area contributed by atoms with Crippen molar-refractivity contribution < 1.29 is 22.7 Å². The zero-order chi connectivity index (χ0) is 11.3. The molecule has 0 unspecified atom stereocenters. The SMILES string of the molecule is O=C1C=C(NCCOCC(F)(F)F)CC1. The van der Waals surface area contributed by atoms with Crippen LogP contribution in [0, 0.1) is 0 Å². The van der Waals surface area contributed by atoms with Crippen LogP contribution in [0.3, 0.4) is 0 Å². The van der Waals surface area contributed by atoms with Crippen LogP contribution in [0.1, 0.15) is 12.8 Å². The van der Waals surface area contributed by atoms with Crippen molar-refractivity contribution in [2.45, 2.75) is 19.0 Å². The molecule has 1 aliphatic rings. The molecule has 1 N–H and O–H groups in total. The molecule has 0 saturated heterocycles. The van der Waals surface area contributed by atoms with Crippen molar-refractivity contribution in [2.24, 2.45) is 0 Å². The monoisotopic (exact) mass is 223 g/mol. The number of ether oxygens (including phenoxy) is 1. The number of carbonyl (C=O) groups is 1. The molecule has 0 aliphatic heterocycles. The molecule has 0 atom stereocenters. The van der Waals surface area contributed by atoms with E-state index in [1.165, 1.54) is 6.08 Å². The van der Waals surface area contributed by atoms with Crippen molar-refractivity contribution >= 4 is 5.78 Å². The fraction of sp³-hybridized carbons (Fsp3) is 0.667. The van der Waals surface area contributed by atoms with E-state index in [1.54, 1.807) is 0 Å². The highest BCUT2D eigenvalue weighted by Gasteiger charge is 2.27. The van der Waals surface area contributed by atoms with E-state index in [2.05, 4.69) is 10.1 Å². The smallest absolute Gasteiger partial charge is 0.386 e. The van der Waals surface area contributed by atoms with Crippen molar-refractivity contribution in [1.29, 1.82) is 0 Å². The van der Waals surface area contributed by atoms with E-state index in [0.29, 0.717) is 12.8 Å². The zero-order valence-corrected chi connectivity index (χ0v) is 8.06. The Morgan fingerprint density at radius 3 is 2.67 bits per heavy atom. The molecule has 0 aromatic carbocycles. The third-order valence-corrected chi connectivity index (χ3v) is 1.84. The van der Waals surface area contributed by atoms with Gasteiger partial charge in [-0.05, 0) is 6.42 Å². The van der Waals surface area contributed by atoms with Crippen molar-refractivity contribution in [2.75, 3.05) is 19.8 Å². The van der Waals surface area contributed by atoms with Crippen molar-refractivity contribution in [1.82, 2.24) is 5.32 Å². The largest absolute Gasteiger partial charge is 0.411 e. The van der Waals surface area contributed by atoms with Crippen LogP contribution < -0.4 is 5.32 Å². The molecule has 0 saturated carbocycles. The minimum Gasteiger partial charge on any atom is -0.386 e. The molecule has 0 fully saturated rings. The summed E-state index contributed by atoms with van der Waals surface area (Å²) in [6.45, 7) is -0.965. The number of rotatable bonds is 5. The Morgan fingerprint density at radius 2 is 2.13 bits per heavy atom. The molecule has 0 amide bonds. The molecular weight excluding hydrogens is 211 g/mol. The van der Waals surface area contributed by atoms with Crippen LogP contribution in [-0.2, 0) is 9.53 Å². The minimum absolute atomic E-state index is 0.0228. The van der Waals surface area contributed by atoms with E-state index in [0.717, 1.165) is 5.70 Å². The van der Waals surface area contributed by atoms with Gasteiger partial charge < -0.3 is 10.1 Å². The Hall–Kier alpha value is -1.04. The number of hydrogen-bond acceptors (Lipinski definition) is 3. The Labute approximate surface area is 85.3 Å². The maximum atomic E-state index is 11.6. The number of carbonyl (C=O) groups excluding carboxylic acids is 1. The van der Waals surface area contributed by atoms with E-state index in [4.69, 9.17) is 0 Å². The molecule has 0 heterocycles. The molecule has 1 rings (SSSR count). The lowest BCUT2D eigenvalue weighted by Crippen LogP contribution is -2.23. The highest BCUT2D eigenvalue weighted by atomic mass is 19.4. The van der Waals surface area contributed by atoms with Crippen LogP contribution in [-0.4, -0.2) is 31.7 Å². The number of alkyl halides is 3. The van der Waals surface area contributed by atoms with Crippen LogP contribution >= 0.6 is 0 Å². The van der Waals surface area contributed by atoms with Crippen LogP contribution in [0.2, 0.25) is 0 Å². The quantitative estimate of drug-likeness (QED) is 0.716. The van der Waals surface area contributed by atoms with Crippen LogP contribution in [0.5, 0.6) is 0 Å². The van der Waals surface area contributed by atoms with E-state index in [1.807, 2.05) is 0 Å². The Bertz CT molecular complexity index is 261. The van der Waals surface area contributed by atoms with Gasteiger partial charge in [-0.15, -0.1) is 0 Å². The van der Waals surface area contributed by atoms with Gasteiger partial charge >= 0.3 is 6.18 Å². The van der Waals surface area contributed by atoms with Crippen LogP contribution in [0.25, 0.3) is 0 Å². The first-order valence-corrected chi connectivity index (χ1v) is 4.59. The first kappa shape index (κ1) is 12.0. The van der Waals surface area contributed by atoms with Crippen molar-refractivity contribution in [3.8, 4) is 0 Å². The summed E-state index contributed by atoms with van der Waals surface area (Å²) < 4.78 is 39.3. The highest BCUT2D eigenvalue weighted by molar-refractivity contribution is 5.92. The topological polar surface area (TPSA) is 38.3 Å². The second-order valence-electron chi connectivity index (χ2n) is 3.23. The molecule has 15 heavy (non-hydrogen) atoms. The predicted octanol–water partition coefficient (Wildman–Crippen LogP) is 1.40. The normalized spacial score (nSPS) is 16.7. The molecule has 0 radical (unpaired) electrons. The van der Waals surface area contributed by atoms with E-state index in [9.17, 15) is 18.0 Å². The van der Waals surface area contributed by atoms with Gasteiger partial charge in [-0.3, -0.25) is 4.79 Å². The van der Waals surface area contributed by atoms with E-state index in [-0.39, 0.29) is 18.9 Å². The summed E-state index contributed by atoms with van der Waals surface area (Å²) in [5, 5.41) is 2.85. The van der Waals surface area contributed by atoms with Gasteiger partial charge in [0.05, 0.1) is 6.61 Å². The number of ketones is 1. The third-order valence-electron chi connectivity index (χ3n) is 1.84. The standard InChI is InChI=1S/C9H12F3NO2/c10-9(11,12)6-15-4-3-13-7-1-2-8(14)5-7/h5,13H,1-4,6H2. The average molecular weight is 223 g/mol. The second-order valence-corrected chi connectivity index (χ2v) is 3.23. The van der Waals surface area contributed by atoms with E-state index >= 15 is 0 Å². The summed E-state index contributed by atoms with van der Waals surface area (Å²) in [7, 11) is 0. The first-order chi connectivity index (χ1) is 6.97. The highest BCUT2D eigenvalue weighted by Crippen LogP contribution is 2.14. The number of halogens is 3. The van der Waals surface area contributed by atoms with Crippen LogP contribution in [0.4, 0.5) is 13.2 Å². The third kappa shape index (κ3) is 5.41. The molecule has 6 heteroatoms. The average Bonchev–Trinajstić information content (AvgIpc) is 2.49. The van der Waals surface area contributed by atoms with Gasteiger partial charge in [-0.1, -0.05) is 0 Å².